The van der Waals surface area contributed by atoms with E-state index in [0.29, 0.717) is 45.1 Å². The minimum atomic E-state index is -4.72. The predicted octanol–water partition coefficient (Wildman–Crippen LogP) is 3.58. The molecule has 5 heteroatoms. The van der Waals surface area contributed by atoms with E-state index in [-0.39, 0.29) is 6.42 Å². The number of hydrogen-bond acceptors (Lipinski definition) is 1. The number of rotatable bonds is 4. The van der Waals surface area contributed by atoms with Gasteiger partial charge in [-0.3, -0.25) is 0 Å². The van der Waals surface area contributed by atoms with E-state index in [0.717, 1.165) is 0 Å². The highest BCUT2D eigenvalue weighted by Crippen LogP contribution is 2.49. The lowest BCUT2D eigenvalue weighted by Crippen LogP contribution is -2.49. The molecule has 0 radical (unpaired) electrons. The van der Waals surface area contributed by atoms with Crippen LogP contribution < -0.4 is 5.73 Å². The molecule has 0 amide bonds. The average molecular weight is 241 g/mol. The normalized spacial score (nSPS) is 31.7. The molecule has 1 fully saturated rings. The van der Waals surface area contributed by atoms with Crippen LogP contribution in [-0.4, -0.2) is 18.4 Å². The minimum Gasteiger partial charge on any atom is -0.330 e. The molecule has 16 heavy (non-hydrogen) atoms. The molecule has 1 aliphatic rings. The third-order valence-corrected chi connectivity index (χ3v) is 3.47. The maximum Gasteiger partial charge on any atom is 0.422 e. The standard InChI is InChI=1S/C11H19F4N/c12-10(11(13,14)15)7-3-1-5-9(10)6-2-4-8-16/h9H,1-8,16H2. The monoisotopic (exact) mass is 241 g/mol. The van der Waals surface area contributed by atoms with Gasteiger partial charge in [-0.15, -0.1) is 0 Å². The van der Waals surface area contributed by atoms with E-state index in [1.807, 2.05) is 0 Å². The molecule has 1 rings (SSSR count). The van der Waals surface area contributed by atoms with E-state index >= 15 is 0 Å². The molecule has 0 aromatic rings. The van der Waals surface area contributed by atoms with Gasteiger partial charge < -0.3 is 5.73 Å². The topological polar surface area (TPSA) is 26.0 Å². The maximum atomic E-state index is 14.0. The minimum absolute atomic E-state index is 0.299. The van der Waals surface area contributed by atoms with Crippen LogP contribution in [0.1, 0.15) is 44.9 Å². The summed E-state index contributed by atoms with van der Waals surface area (Å²) in [4.78, 5) is 0. The molecule has 0 aromatic heterocycles. The first kappa shape index (κ1) is 13.7. The summed E-state index contributed by atoms with van der Waals surface area (Å²) in [6.45, 7) is 0.456. The first-order valence-corrected chi connectivity index (χ1v) is 5.87. The van der Waals surface area contributed by atoms with Gasteiger partial charge in [-0.25, -0.2) is 4.39 Å². The quantitative estimate of drug-likeness (QED) is 0.591. The second-order valence-electron chi connectivity index (χ2n) is 4.59. The van der Waals surface area contributed by atoms with Crippen molar-refractivity contribution in [1.29, 1.82) is 0 Å². The molecule has 2 N–H and O–H groups in total. The Morgan fingerprint density at radius 2 is 1.88 bits per heavy atom. The van der Waals surface area contributed by atoms with E-state index in [1.165, 1.54) is 0 Å². The van der Waals surface area contributed by atoms with Crippen LogP contribution in [0.4, 0.5) is 17.6 Å². The zero-order chi connectivity index (χ0) is 12.2. The average Bonchev–Trinajstić information content (AvgIpc) is 2.19. The predicted molar refractivity (Wildman–Crippen MR) is 54.8 cm³/mol. The van der Waals surface area contributed by atoms with Crippen molar-refractivity contribution < 1.29 is 17.6 Å². The Morgan fingerprint density at radius 1 is 1.19 bits per heavy atom. The lowest BCUT2D eigenvalue weighted by atomic mass is 9.74. The van der Waals surface area contributed by atoms with Crippen molar-refractivity contribution in [3.63, 3.8) is 0 Å². The Kier molecular flexibility index (Phi) is 4.59. The Labute approximate surface area is 93.4 Å². The zero-order valence-electron chi connectivity index (χ0n) is 9.32. The summed E-state index contributed by atoms with van der Waals surface area (Å²) in [6, 6.07) is 0. The molecule has 0 heterocycles. The van der Waals surface area contributed by atoms with Gasteiger partial charge in [0.15, 0.2) is 0 Å². The number of nitrogens with two attached hydrogens (primary N) is 1. The van der Waals surface area contributed by atoms with Crippen molar-refractivity contribution in [2.45, 2.75) is 56.8 Å². The van der Waals surface area contributed by atoms with Crippen LogP contribution in [0.2, 0.25) is 0 Å². The molecule has 1 nitrogen and oxygen atoms in total. The van der Waals surface area contributed by atoms with Gasteiger partial charge in [0.05, 0.1) is 0 Å². The highest BCUT2D eigenvalue weighted by molar-refractivity contribution is 4.96. The molecule has 0 bridgehead atoms. The SMILES string of the molecule is NCCCCC1CCCCC1(F)C(F)(F)F. The summed E-state index contributed by atoms with van der Waals surface area (Å²) < 4.78 is 52.1. The summed E-state index contributed by atoms with van der Waals surface area (Å²) in [5.74, 6) is -0.868. The Balaban J connectivity index is 2.63. The van der Waals surface area contributed by atoms with Gasteiger partial charge in [-0.05, 0) is 38.6 Å². The van der Waals surface area contributed by atoms with Gasteiger partial charge in [0.1, 0.15) is 0 Å². The summed E-state index contributed by atoms with van der Waals surface area (Å²) in [6.07, 6.45) is -2.15. The van der Waals surface area contributed by atoms with Crippen LogP contribution in [0.5, 0.6) is 0 Å². The number of hydrogen-bond donors (Lipinski definition) is 1. The van der Waals surface area contributed by atoms with Crippen molar-refractivity contribution in [3.05, 3.63) is 0 Å². The molecule has 0 spiro atoms. The van der Waals surface area contributed by atoms with Crippen LogP contribution in [0.3, 0.4) is 0 Å². The van der Waals surface area contributed by atoms with E-state index in [1.54, 1.807) is 0 Å². The first-order chi connectivity index (χ1) is 7.42. The van der Waals surface area contributed by atoms with Crippen LogP contribution in [0.15, 0.2) is 0 Å². The van der Waals surface area contributed by atoms with Crippen molar-refractivity contribution in [2.24, 2.45) is 11.7 Å². The molecule has 1 saturated carbocycles. The number of unbranched alkanes of at least 4 members (excludes halogenated alkanes) is 1. The molecule has 96 valence electrons. The highest BCUT2D eigenvalue weighted by atomic mass is 19.4. The van der Waals surface area contributed by atoms with Gasteiger partial charge in [-0.2, -0.15) is 13.2 Å². The van der Waals surface area contributed by atoms with Crippen molar-refractivity contribution >= 4 is 0 Å². The molecule has 2 unspecified atom stereocenters. The van der Waals surface area contributed by atoms with Crippen molar-refractivity contribution in [3.8, 4) is 0 Å². The smallest absolute Gasteiger partial charge is 0.330 e. The summed E-state index contributed by atoms with van der Waals surface area (Å²) in [5.41, 5.74) is 2.32. The van der Waals surface area contributed by atoms with E-state index in [4.69, 9.17) is 5.73 Å². The van der Waals surface area contributed by atoms with Crippen molar-refractivity contribution in [2.75, 3.05) is 6.54 Å². The van der Waals surface area contributed by atoms with E-state index < -0.39 is 17.8 Å². The van der Waals surface area contributed by atoms with E-state index in [2.05, 4.69) is 0 Å². The van der Waals surface area contributed by atoms with Gasteiger partial charge in [-0.1, -0.05) is 12.8 Å². The molecular formula is C11H19F4N. The summed E-state index contributed by atoms with van der Waals surface area (Å²) in [7, 11) is 0. The van der Waals surface area contributed by atoms with Crippen molar-refractivity contribution in [1.82, 2.24) is 0 Å². The van der Waals surface area contributed by atoms with Gasteiger partial charge in [0, 0.05) is 5.92 Å². The Hall–Kier alpha value is -0.320. The third-order valence-electron chi connectivity index (χ3n) is 3.47. The van der Waals surface area contributed by atoms with Gasteiger partial charge in [0.2, 0.25) is 5.67 Å². The fourth-order valence-corrected chi connectivity index (χ4v) is 2.49. The molecule has 0 aliphatic heterocycles. The van der Waals surface area contributed by atoms with Gasteiger partial charge >= 0.3 is 6.18 Å². The third kappa shape index (κ3) is 2.87. The summed E-state index contributed by atoms with van der Waals surface area (Å²) >= 11 is 0. The lowest BCUT2D eigenvalue weighted by Gasteiger charge is -2.39. The maximum absolute atomic E-state index is 14.0. The van der Waals surface area contributed by atoms with Crippen LogP contribution in [-0.2, 0) is 0 Å². The molecule has 0 saturated heterocycles. The summed E-state index contributed by atoms with van der Waals surface area (Å²) in [5, 5.41) is 0. The second-order valence-corrected chi connectivity index (χ2v) is 4.59. The Bertz CT molecular complexity index is 217. The fraction of sp³-hybridized carbons (Fsp3) is 1.00. The Morgan fingerprint density at radius 3 is 2.44 bits per heavy atom. The lowest BCUT2D eigenvalue weighted by molar-refractivity contribution is -0.258. The largest absolute Gasteiger partial charge is 0.422 e. The highest BCUT2D eigenvalue weighted by Gasteiger charge is 2.60. The van der Waals surface area contributed by atoms with Crippen LogP contribution in [0.25, 0.3) is 0 Å². The molecular weight excluding hydrogens is 222 g/mol. The zero-order valence-corrected chi connectivity index (χ0v) is 9.32. The molecule has 0 aromatic carbocycles. The fourth-order valence-electron chi connectivity index (χ4n) is 2.49. The van der Waals surface area contributed by atoms with Gasteiger partial charge in [0.25, 0.3) is 0 Å². The van der Waals surface area contributed by atoms with Crippen LogP contribution in [0, 0.1) is 5.92 Å². The molecule has 1 aliphatic carbocycles. The number of halogens is 4. The molecule has 2 atom stereocenters. The number of alkyl halides is 4. The van der Waals surface area contributed by atoms with Crippen LogP contribution >= 0.6 is 0 Å². The van der Waals surface area contributed by atoms with E-state index in [9.17, 15) is 17.6 Å². The first-order valence-electron chi connectivity index (χ1n) is 5.87. The second kappa shape index (κ2) is 5.34.